The lowest BCUT2D eigenvalue weighted by atomic mass is 10.0. The lowest BCUT2D eigenvalue weighted by Gasteiger charge is -2.17. The topological polar surface area (TPSA) is 52.3 Å². The van der Waals surface area contributed by atoms with Gasteiger partial charge in [0.25, 0.3) is 0 Å². The Morgan fingerprint density at radius 1 is 1.17 bits per heavy atom. The highest BCUT2D eigenvalue weighted by Gasteiger charge is 2.16. The van der Waals surface area contributed by atoms with Crippen molar-refractivity contribution in [2.45, 2.75) is 26.3 Å². The zero-order valence-corrected chi connectivity index (χ0v) is 14.2. The molecule has 2 N–H and O–H groups in total. The molecule has 4 heteroatoms. The van der Waals surface area contributed by atoms with Crippen LogP contribution in [-0.2, 0) is 0 Å². The maximum atomic E-state index is 12.7. The molecule has 0 saturated heterocycles. The van der Waals surface area contributed by atoms with E-state index in [1.165, 1.54) is 0 Å². The second kappa shape index (κ2) is 8.14. The lowest BCUT2D eigenvalue weighted by Crippen LogP contribution is -2.29. The predicted molar refractivity (Wildman–Crippen MR) is 94.3 cm³/mol. The number of benzene rings is 2. The second-order valence-corrected chi connectivity index (χ2v) is 6.47. The van der Waals surface area contributed by atoms with E-state index in [1.54, 1.807) is 30.3 Å². The molecule has 0 aliphatic heterocycles. The Hall–Kier alpha value is -1.84. The number of hydrogen-bond donors (Lipinski definition) is 1. The van der Waals surface area contributed by atoms with Crippen LogP contribution in [0.15, 0.2) is 48.5 Å². The fourth-order valence-corrected chi connectivity index (χ4v) is 2.59. The maximum Gasteiger partial charge on any atom is 0.196 e. The van der Waals surface area contributed by atoms with Gasteiger partial charge >= 0.3 is 0 Å². The molecule has 122 valence electrons. The molecule has 0 aromatic heterocycles. The summed E-state index contributed by atoms with van der Waals surface area (Å²) in [6.07, 6.45) is 0.871. The standard InChI is InChI=1S/C19H22ClNO2/c1-13(2)10-16(21)12-23-18-9-8-15(20)11-17(18)19(22)14-6-4-3-5-7-14/h3-9,11,13,16H,10,12,21H2,1-2H3/t16-/m0/s1. The fourth-order valence-electron chi connectivity index (χ4n) is 2.42. The first-order valence-electron chi connectivity index (χ1n) is 7.75. The highest BCUT2D eigenvalue weighted by molar-refractivity contribution is 6.31. The zero-order valence-electron chi connectivity index (χ0n) is 13.5. The molecular weight excluding hydrogens is 310 g/mol. The molecule has 0 aliphatic carbocycles. The van der Waals surface area contributed by atoms with Gasteiger partial charge < -0.3 is 10.5 Å². The first kappa shape index (κ1) is 17.5. The smallest absolute Gasteiger partial charge is 0.196 e. The van der Waals surface area contributed by atoms with Crippen molar-refractivity contribution < 1.29 is 9.53 Å². The Morgan fingerprint density at radius 2 is 1.87 bits per heavy atom. The average Bonchev–Trinajstić information content (AvgIpc) is 2.53. The molecule has 0 radical (unpaired) electrons. The largest absolute Gasteiger partial charge is 0.491 e. The lowest BCUT2D eigenvalue weighted by molar-refractivity contribution is 0.103. The van der Waals surface area contributed by atoms with E-state index in [2.05, 4.69) is 13.8 Å². The van der Waals surface area contributed by atoms with Crippen LogP contribution in [0.25, 0.3) is 0 Å². The molecule has 0 saturated carbocycles. The number of carbonyl (C=O) groups is 1. The highest BCUT2D eigenvalue weighted by atomic mass is 35.5. The van der Waals surface area contributed by atoms with Gasteiger partial charge in [0, 0.05) is 16.6 Å². The van der Waals surface area contributed by atoms with Crippen LogP contribution in [0.4, 0.5) is 0 Å². The molecule has 0 bridgehead atoms. The van der Waals surface area contributed by atoms with Crippen molar-refractivity contribution >= 4 is 17.4 Å². The summed E-state index contributed by atoms with van der Waals surface area (Å²) in [5.41, 5.74) is 7.12. The molecule has 2 rings (SSSR count). The summed E-state index contributed by atoms with van der Waals surface area (Å²) in [7, 11) is 0. The molecule has 0 fully saturated rings. The van der Waals surface area contributed by atoms with Crippen molar-refractivity contribution in [2.24, 2.45) is 11.7 Å². The Kier molecular flexibility index (Phi) is 6.20. The number of rotatable bonds is 7. The van der Waals surface area contributed by atoms with E-state index >= 15 is 0 Å². The van der Waals surface area contributed by atoms with Crippen LogP contribution in [0.3, 0.4) is 0 Å². The number of ketones is 1. The van der Waals surface area contributed by atoms with Crippen molar-refractivity contribution in [2.75, 3.05) is 6.61 Å². The molecule has 2 aromatic carbocycles. The van der Waals surface area contributed by atoms with E-state index in [0.717, 1.165) is 6.42 Å². The minimum Gasteiger partial charge on any atom is -0.491 e. The molecule has 0 unspecified atom stereocenters. The first-order valence-corrected chi connectivity index (χ1v) is 8.13. The van der Waals surface area contributed by atoms with Crippen molar-refractivity contribution in [1.82, 2.24) is 0 Å². The summed E-state index contributed by atoms with van der Waals surface area (Å²) in [5.74, 6) is 0.909. The van der Waals surface area contributed by atoms with E-state index in [-0.39, 0.29) is 11.8 Å². The van der Waals surface area contributed by atoms with E-state index in [4.69, 9.17) is 22.1 Å². The van der Waals surface area contributed by atoms with Gasteiger partial charge in [0.05, 0.1) is 5.56 Å². The molecule has 0 aliphatic rings. The van der Waals surface area contributed by atoms with Gasteiger partial charge in [0.15, 0.2) is 5.78 Å². The van der Waals surface area contributed by atoms with Crippen molar-refractivity contribution in [3.63, 3.8) is 0 Å². The second-order valence-electron chi connectivity index (χ2n) is 6.04. The molecule has 0 amide bonds. The van der Waals surface area contributed by atoms with Gasteiger partial charge in [-0.1, -0.05) is 55.8 Å². The van der Waals surface area contributed by atoms with Crippen LogP contribution in [0.1, 0.15) is 36.2 Å². The summed E-state index contributed by atoms with van der Waals surface area (Å²) in [6, 6.07) is 14.1. The third-order valence-corrected chi connectivity index (χ3v) is 3.68. The normalized spacial score (nSPS) is 12.2. The Bertz CT molecular complexity index is 656. The van der Waals surface area contributed by atoms with Gasteiger partial charge in [-0.05, 0) is 30.5 Å². The van der Waals surface area contributed by atoms with Crippen LogP contribution >= 0.6 is 11.6 Å². The monoisotopic (exact) mass is 331 g/mol. The molecule has 0 spiro atoms. The zero-order chi connectivity index (χ0) is 16.8. The number of ether oxygens (including phenoxy) is 1. The van der Waals surface area contributed by atoms with Crippen molar-refractivity contribution in [3.8, 4) is 5.75 Å². The van der Waals surface area contributed by atoms with E-state index in [0.29, 0.717) is 34.4 Å². The number of carbonyl (C=O) groups excluding carboxylic acids is 1. The Balaban J connectivity index is 2.19. The Morgan fingerprint density at radius 3 is 2.52 bits per heavy atom. The van der Waals surface area contributed by atoms with Crippen LogP contribution < -0.4 is 10.5 Å². The number of nitrogens with two attached hydrogens (primary N) is 1. The quantitative estimate of drug-likeness (QED) is 0.768. The van der Waals surface area contributed by atoms with Gasteiger partial charge in [-0.15, -0.1) is 0 Å². The van der Waals surface area contributed by atoms with Gasteiger partial charge in [-0.3, -0.25) is 4.79 Å². The first-order chi connectivity index (χ1) is 11.0. The number of halogens is 1. The molecule has 3 nitrogen and oxygen atoms in total. The van der Waals surface area contributed by atoms with Crippen LogP contribution in [0.5, 0.6) is 5.75 Å². The molecule has 1 atom stereocenters. The third-order valence-electron chi connectivity index (χ3n) is 3.45. The Labute approximate surface area is 142 Å². The molecular formula is C19H22ClNO2. The van der Waals surface area contributed by atoms with Crippen LogP contribution in [0, 0.1) is 5.92 Å². The molecule has 2 aromatic rings. The summed E-state index contributed by atoms with van der Waals surface area (Å²) in [4.78, 5) is 12.7. The summed E-state index contributed by atoms with van der Waals surface area (Å²) in [5, 5.41) is 0.503. The molecule has 0 heterocycles. The molecule has 23 heavy (non-hydrogen) atoms. The van der Waals surface area contributed by atoms with Crippen molar-refractivity contribution in [3.05, 3.63) is 64.7 Å². The average molecular weight is 332 g/mol. The fraction of sp³-hybridized carbons (Fsp3) is 0.316. The maximum absolute atomic E-state index is 12.7. The predicted octanol–water partition coefficient (Wildman–Crippen LogP) is 4.32. The van der Waals surface area contributed by atoms with E-state index in [1.807, 2.05) is 18.2 Å². The SMILES string of the molecule is CC(C)C[C@H](N)COc1ccc(Cl)cc1C(=O)c1ccccc1. The van der Waals surface area contributed by atoms with Crippen LogP contribution in [-0.4, -0.2) is 18.4 Å². The van der Waals surface area contributed by atoms with Gasteiger partial charge in [0.2, 0.25) is 0 Å². The minimum absolute atomic E-state index is 0.0645. The van der Waals surface area contributed by atoms with Gasteiger partial charge in [0.1, 0.15) is 12.4 Å². The third kappa shape index (κ3) is 5.08. The van der Waals surface area contributed by atoms with Crippen molar-refractivity contribution in [1.29, 1.82) is 0 Å². The minimum atomic E-state index is -0.111. The van der Waals surface area contributed by atoms with E-state index in [9.17, 15) is 4.79 Å². The summed E-state index contributed by atoms with van der Waals surface area (Å²) in [6.45, 7) is 4.61. The highest BCUT2D eigenvalue weighted by Crippen LogP contribution is 2.26. The summed E-state index contributed by atoms with van der Waals surface area (Å²) >= 11 is 6.05. The van der Waals surface area contributed by atoms with Gasteiger partial charge in [-0.25, -0.2) is 0 Å². The summed E-state index contributed by atoms with van der Waals surface area (Å²) < 4.78 is 5.79. The van der Waals surface area contributed by atoms with E-state index < -0.39 is 0 Å². The van der Waals surface area contributed by atoms with Gasteiger partial charge in [-0.2, -0.15) is 0 Å². The van der Waals surface area contributed by atoms with Crippen LogP contribution in [0.2, 0.25) is 5.02 Å². The number of hydrogen-bond acceptors (Lipinski definition) is 3.